The minimum absolute atomic E-state index is 0.00527. The molecule has 9 heteroatoms. The van der Waals surface area contributed by atoms with Crippen molar-refractivity contribution in [1.29, 1.82) is 0 Å². The highest BCUT2D eigenvalue weighted by molar-refractivity contribution is 5.97. The fourth-order valence-electron chi connectivity index (χ4n) is 2.82. The Morgan fingerprint density at radius 2 is 2.15 bits per heavy atom. The van der Waals surface area contributed by atoms with Gasteiger partial charge in [0, 0.05) is 31.2 Å². The van der Waals surface area contributed by atoms with Gasteiger partial charge in [-0.05, 0) is 31.5 Å². The Balaban J connectivity index is 1.92. The number of methoxy groups -OCH3 is 1. The van der Waals surface area contributed by atoms with Gasteiger partial charge in [-0.1, -0.05) is 0 Å². The number of likely N-dealkylation sites (N-methyl/N-ethyl adjacent to an activating group) is 1. The summed E-state index contributed by atoms with van der Waals surface area (Å²) in [6.45, 7) is 1.21. The van der Waals surface area contributed by atoms with Crippen LogP contribution in [0.4, 0.5) is 8.78 Å². The van der Waals surface area contributed by atoms with Crippen LogP contribution in [0.1, 0.15) is 23.7 Å². The van der Waals surface area contributed by atoms with E-state index in [0.29, 0.717) is 32.2 Å². The summed E-state index contributed by atoms with van der Waals surface area (Å²) in [6, 6.07) is 3.83. The van der Waals surface area contributed by atoms with E-state index in [2.05, 4.69) is 10.1 Å². The van der Waals surface area contributed by atoms with Gasteiger partial charge >= 0.3 is 6.61 Å². The molecule has 2 rings (SSSR count). The number of hydrogen-bond acceptors (Lipinski definition) is 5. The fourth-order valence-corrected chi connectivity index (χ4v) is 2.82. The van der Waals surface area contributed by atoms with Crippen LogP contribution in [-0.4, -0.2) is 63.3 Å². The third kappa shape index (κ3) is 6.06. The van der Waals surface area contributed by atoms with E-state index in [4.69, 9.17) is 9.47 Å². The summed E-state index contributed by atoms with van der Waals surface area (Å²) in [6.07, 6.45) is 0.920. The van der Waals surface area contributed by atoms with Crippen molar-refractivity contribution < 1.29 is 32.6 Å². The number of halogens is 2. The maximum Gasteiger partial charge on any atom is 0.387 e. The molecular weight excluding hydrogens is 362 g/mol. The summed E-state index contributed by atoms with van der Waals surface area (Å²) in [5, 5.41) is 2.54. The van der Waals surface area contributed by atoms with Crippen LogP contribution in [0.3, 0.4) is 0 Å². The van der Waals surface area contributed by atoms with Gasteiger partial charge in [-0.15, -0.1) is 0 Å². The molecule has 27 heavy (non-hydrogen) atoms. The quantitative estimate of drug-likeness (QED) is 0.702. The van der Waals surface area contributed by atoms with Crippen LogP contribution in [0.5, 0.6) is 11.5 Å². The number of rotatable bonds is 9. The first-order valence-electron chi connectivity index (χ1n) is 8.71. The summed E-state index contributed by atoms with van der Waals surface area (Å²) in [5.74, 6) is -0.550. The number of amides is 2. The van der Waals surface area contributed by atoms with Crippen LogP contribution in [0.2, 0.25) is 0 Å². The molecule has 1 heterocycles. The summed E-state index contributed by atoms with van der Waals surface area (Å²) in [5.41, 5.74) is 0.175. The van der Waals surface area contributed by atoms with Gasteiger partial charge in [0.05, 0.1) is 20.3 Å². The number of alkyl halides is 2. The lowest BCUT2D eigenvalue weighted by molar-refractivity contribution is -0.130. The highest BCUT2D eigenvalue weighted by Crippen LogP contribution is 2.29. The predicted octanol–water partition coefficient (Wildman–Crippen LogP) is 1.91. The number of benzene rings is 1. The lowest BCUT2D eigenvalue weighted by atomic mass is 10.1. The van der Waals surface area contributed by atoms with Crippen molar-refractivity contribution in [2.75, 3.05) is 40.0 Å². The van der Waals surface area contributed by atoms with Crippen molar-refractivity contribution in [3.05, 3.63) is 23.8 Å². The minimum Gasteiger partial charge on any atom is -0.493 e. The van der Waals surface area contributed by atoms with Gasteiger partial charge in [-0.25, -0.2) is 0 Å². The highest BCUT2D eigenvalue weighted by Gasteiger charge is 2.22. The molecule has 0 saturated carbocycles. The van der Waals surface area contributed by atoms with Crippen molar-refractivity contribution in [3.63, 3.8) is 0 Å². The van der Waals surface area contributed by atoms with E-state index in [1.807, 2.05) is 6.92 Å². The average molecular weight is 386 g/mol. The molecule has 1 aliphatic heterocycles. The topological polar surface area (TPSA) is 77.1 Å². The first kappa shape index (κ1) is 20.9. The average Bonchev–Trinajstić information content (AvgIpc) is 3.16. The second-order valence-corrected chi connectivity index (χ2v) is 6.09. The number of carbonyl (C=O) groups is 2. The molecule has 1 unspecified atom stereocenters. The molecule has 1 aromatic carbocycles. The zero-order valence-electron chi connectivity index (χ0n) is 15.4. The van der Waals surface area contributed by atoms with Crippen LogP contribution >= 0.6 is 0 Å². The normalized spacial score (nSPS) is 16.3. The van der Waals surface area contributed by atoms with Gasteiger partial charge in [0.2, 0.25) is 5.91 Å². The number of nitrogens with zero attached hydrogens (tertiary/aromatic N) is 1. The number of nitrogens with one attached hydrogen (secondary N) is 1. The van der Waals surface area contributed by atoms with Crippen LogP contribution < -0.4 is 14.8 Å². The van der Waals surface area contributed by atoms with Gasteiger partial charge in [0.15, 0.2) is 11.5 Å². The molecule has 1 atom stereocenters. The Morgan fingerprint density at radius 1 is 1.37 bits per heavy atom. The molecular formula is C18H24F2N2O5. The van der Waals surface area contributed by atoms with Crippen LogP contribution in [-0.2, 0) is 9.53 Å². The maximum atomic E-state index is 12.4. The predicted molar refractivity (Wildman–Crippen MR) is 93.1 cm³/mol. The largest absolute Gasteiger partial charge is 0.493 e. The van der Waals surface area contributed by atoms with E-state index < -0.39 is 12.5 Å². The molecule has 0 bridgehead atoms. The first-order chi connectivity index (χ1) is 12.9. The fraction of sp³-hybridized carbons (Fsp3) is 0.556. The van der Waals surface area contributed by atoms with E-state index in [9.17, 15) is 18.4 Å². The summed E-state index contributed by atoms with van der Waals surface area (Å²) in [4.78, 5) is 26.3. The van der Waals surface area contributed by atoms with Gasteiger partial charge in [-0.2, -0.15) is 8.78 Å². The highest BCUT2D eigenvalue weighted by atomic mass is 19.3. The standard InChI is InChI=1S/C18H24F2N2O5/c1-3-22(10-12-6-7-26-11-12)16(23)9-21-17(24)13-4-5-14(27-18(19)20)15(8-13)25-2/h4-5,8,12,18H,3,6-7,9-11H2,1-2H3,(H,21,24). The Bertz CT molecular complexity index is 651. The molecule has 0 aromatic heterocycles. The monoisotopic (exact) mass is 386 g/mol. The Kier molecular flexibility index (Phi) is 7.78. The van der Waals surface area contributed by atoms with E-state index >= 15 is 0 Å². The zero-order valence-corrected chi connectivity index (χ0v) is 15.4. The molecule has 0 spiro atoms. The van der Waals surface area contributed by atoms with Crippen molar-refractivity contribution in [3.8, 4) is 11.5 Å². The molecule has 150 valence electrons. The summed E-state index contributed by atoms with van der Waals surface area (Å²) in [7, 11) is 1.28. The van der Waals surface area contributed by atoms with Crippen molar-refractivity contribution in [2.45, 2.75) is 20.0 Å². The smallest absolute Gasteiger partial charge is 0.387 e. The number of carbonyl (C=O) groups excluding carboxylic acids is 2. The Hall–Kier alpha value is -2.42. The maximum absolute atomic E-state index is 12.4. The first-order valence-corrected chi connectivity index (χ1v) is 8.71. The van der Waals surface area contributed by atoms with Crippen molar-refractivity contribution in [2.24, 2.45) is 5.92 Å². The lowest BCUT2D eigenvalue weighted by Crippen LogP contribution is -2.42. The third-order valence-corrected chi connectivity index (χ3v) is 4.28. The van der Waals surface area contributed by atoms with Gasteiger partial charge in [0.1, 0.15) is 0 Å². The molecule has 2 amide bonds. The van der Waals surface area contributed by atoms with E-state index in [-0.39, 0.29) is 29.5 Å². The zero-order chi connectivity index (χ0) is 19.8. The molecule has 1 fully saturated rings. The molecule has 1 saturated heterocycles. The van der Waals surface area contributed by atoms with Crippen LogP contribution in [0, 0.1) is 5.92 Å². The molecule has 7 nitrogen and oxygen atoms in total. The lowest BCUT2D eigenvalue weighted by Gasteiger charge is -2.24. The van der Waals surface area contributed by atoms with Crippen LogP contribution in [0.25, 0.3) is 0 Å². The second-order valence-electron chi connectivity index (χ2n) is 6.09. The Morgan fingerprint density at radius 3 is 2.74 bits per heavy atom. The Labute approximate surface area is 156 Å². The molecule has 1 aliphatic rings. The van der Waals surface area contributed by atoms with Gasteiger partial charge in [-0.3, -0.25) is 9.59 Å². The SMILES string of the molecule is CCN(CC1CCOC1)C(=O)CNC(=O)c1ccc(OC(F)F)c(OC)c1. The van der Waals surface area contributed by atoms with Gasteiger partial charge < -0.3 is 24.4 Å². The van der Waals surface area contributed by atoms with Gasteiger partial charge in [0.25, 0.3) is 5.91 Å². The molecule has 1 aromatic rings. The minimum atomic E-state index is -3.00. The number of ether oxygens (including phenoxy) is 3. The molecule has 0 radical (unpaired) electrons. The number of hydrogen-bond donors (Lipinski definition) is 1. The van der Waals surface area contributed by atoms with E-state index in [1.54, 1.807) is 4.90 Å². The summed E-state index contributed by atoms with van der Waals surface area (Å²) >= 11 is 0. The molecule has 1 N–H and O–H groups in total. The van der Waals surface area contributed by atoms with E-state index in [1.165, 1.54) is 25.3 Å². The second kappa shape index (κ2) is 10.1. The van der Waals surface area contributed by atoms with E-state index in [0.717, 1.165) is 6.42 Å². The van der Waals surface area contributed by atoms with Crippen molar-refractivity contribution >= 4 is 11.8 Å². The summed E-state index contributed by atoms with van der Waals surface area (Å²) < 4.78 is 39.3. The van der Waals surface area contributed by atoms with Crippen molar-refractivity contribution in [1.82, 2.24) is 10.2 Å². The van der Waals surface area contributed by atoms with Crippen LogP contribution in [0.15, 0.2) is 18.2 Å². The third-order valence-electron chi connectivity index (χ3n) is 4.28. The molecule has 0 aliphatic carbocycles.